The van der Waals surface area contributed by atoms with Gasteiger partial charge in [-0.05, 0) is 12.1 Å². The van der Waals surface area contributed by atoms with Crippen molar-refractivity contribution in [3.8, 4) is 5.75 Å². The van der Waals surface area contributed by atoms with Crippen LogP contribution in [-0.2, 0) is 14.6 Å². The van der Waals surface area contributed by atoms with E-state index in [1.165, 1.54) is 13.0 Å². The average Bonchev–Trinajstić information content (AvgIpc) is 2.49. The quantitative estimate of drug-likeness (QED) is 0.358. The van der Waals surface area contributed by atoms with Gasteiger partial charge in [-0.3, -0.25) is 14.9 Å². The highest BCUT2D eigenvalue weighted by molar-refractivity contribution is 7.91. The van der Waals surface area contributed by atoms with Crippen molar-refractivity contribution in [1.82, 2.24) is 0 Å². The second-order valence-electron chi connectivity index (χ2n) is 3.62. The molecule has 0 heterocycles. The van der Waals surface area contributed by atoms with Crippen LogP contribution in [0.4, 0.5) is 5.69 Å². The van der Waals surface area contributed by atoms with Crippen molar-refractivity contribution >= 4 is 21.5 Å². The van der Waals surface area contributed by atoms with Crippen molar-refractivity contribution in [2.75, 3.05) is 5.75 Å². The second-order valence-corrected chi connectivity index (χ2v) is 5.90. The number of rotatable bonds is 5. The van der Waals surface area contributed by atoms with E-state index in [4.69, 9.17) is 4.74 Å². The first-order valence-corrected chi connectivity index (χ1v) is 8.19. The normalized spacial score (nSPS) is 10.3. The maximum absolute atomic E-state index is 11.6. The molecular formula is C13H19NO6S. The predicted molar refractivity (Wildman–Crippen MR) is 78.1 cm³/mol. The van der Waals surface area contributed by atoms with Crippen LogP contribution in [0.5, 0.6) is 5.75 Å². The highest BCUT2D eigenvalue weighted by Crippen LogP contribution is 2.30. The van der Waals surface area contributed by atoms with E-state index < -0.39 is 26.4 Å². The van der Waals surface area contributed by atoms with Gasteiger partial charge in [-0.15, -0.1) is 0 Å². The number of nitrogens with zero attached hydrogens (tertiary/aromatic N) is 1. The van der Waals surface area contributed by atoms with E-state index in [0.717, 1.165) is 12.1 Å². The molecule has 1 aromatic rings. The Morgan fingerprint density at radius 3 is 2.29 bits per heavy atom. The number of carbonyl (C=O) groups is 1. The molecule has 0 atom stereocenters. The third-order valence-electron chi connectivity index (χ3n) is 2.38. The summed E-state index contributed by atoms with van der Waals surface area (Å²) in [6, 6.07) is 3.20. The van der Waals surface area contributed by atoms with Crippen LogP contribution in [0.1, 0.15) is 34.1 Å². The number of carbonyl (C=O) groups excluding carboxylic acids is 1. The van der Waals surface area contributed by atoms with Crippen molar-refractivity contribution < 1.29 is 22.9 Å². The molecule has 0 unspecified atom stereocenters. The van der Waals surface area contributed by atoms with Gasteiger partial charge in [-0.2, -0.15) is 0 Å². The molecule has 118 valence electrons. The summed E-state index contributed by atoms with van der Waals surface area (Å²) in [6.45, 7) is 6.98. The Morgan fingerprint density at radius 1 is 1.29 bits per heavy atom. The zero-order valence-electron chi connectivity index (χ0n) is 12.5. The zero-order chi connectivity index (χ0) is 16.6. The number of sulfone groups is 1. The summed E-state index contributed by atoms with van der Waals surface area (Å²) < 4.78 is 28.1. The van der Waals surface area contributed by atoms with E-state index in [1.807, 2.05) is 13.8 Å². The van der Waals surface area contributed by atoms with Crippen molar-refractivity contribution in [2.45, 2.75) is 39.0 Å². The molecule has 0 bridgehead atoms. The highest BCUT2D eigenvalue weighted by Gasteiger charge is 2.22. The number of nitro benzene ring substituents is 1. The number of ether oxygens (including phenoxy) is 1. The van der Waals surface area contributed by atoms with E-state index in [2.05, 4.69) is 0 Å². The first kappa shape index (κ1) is 19.0. The molecule has 0 aliphatic heterocycles. The largest absolute Gasteiger partial charge is 0.419 e. The summed E-state index contributed by atoms with van der Waals surface area (Å²) >= 11 is 0. The lowest BCUT2D eigenvalue weighted by atomic mass is 10.3. The lowest BCUT2D eigenvalue weighted by Gasteiger charge is -2.06. The van der Waals surface area contributed by atoms with E-state index >= 15 is 0 Å². The maximum Gasteiger partial charge on any atom is 0.312 e. The first-order chi connectivity index (χ1) is 9.81. The molecule has 0 radical (unpaired) electrons. The van der Waals surface area contributed by atoms with Gasteiger partial charge in [0.15, 0.2) is 9.84 Å². The number of esters is 1. The van der Waals surface area contributed by atoms with Crippen LogP contribution in [0.3, 0.4) is 0 Å². The summed E-state index contributed by atoms with van der Waals surface area (Å²) in [5.41, 5.74) is -0.545. The van der Waals surface area contributed by atoms with Gasteiger partial charge in [-0.25, -0.2) is 8.42 Å². The number of hydrogen-bond donors (Lipinski definition) is 0. The highest BCUT2D eigenvalue weighted by atomic mass is 32.2. The van der Waals surface area contributed by atoms with E-state index in [0.29, 0.717) is 0 Å². The van der Waals surface area contributed by atoms with Crippen LogP contribution < -0.4 is 4.74 Å². The van der Waals surface area contributed by atoms with Crippen molar-refractivity contribution in [2.24, 2.45) is 0 Å². The molecule has 0 fully saturated rings. The van der Waals surface area contributed by atoms with Crippen LogP contribution >= 0.6 is 0 Å². The first-order valence-electron chi connectivity index (χ1n) is 6.53. The van der Waals surface area contributed by atoms with Crippen LogP contribution in [0, 0.1) is 10.1 Å². The van der Waals surface area contributed by atoms with Crippen molar-refractivity contribution in [3.63, 3.8) is 0 Å². The lowest BCUT2D eigenvalue weighted by molar-refractivity contribution is -0.385. The minimum atomic E-state index is -3.55. The average molecular weight is 317 g/mol. The summed E-state index contributed by atoms with van der Waals surface area (Å²) in [7, 11) is -3.55. The minimum Gasteiger partial charge on any atom is -0.419 e. The smallest absolute Gasteiger partial charge is 0.312 e. The third kappa shape index (κ3) is 5.14. The predicted octanol–water partition coefficient (Wildman–Crippen LogP) is 2.73. The Kier molecular flexibility index (Phi) is 7.57. The van der Waals surface area contributed by atoms with E-state index in [1.54, 1.807) is 6.92 Å². The van der Waals surface area contributed by atoms with Gasteiger partial charge in [-0.1, -0.05) is 27.7 Å². The molecule has 1 aromatic carbocycles. The molecule has 1 rings (SSSR count). The molecule has 8 heteroatoms. The topological polar surface area (TPSA) is 104 Å². The van der Waals surface area contributed by atoms with E-state index in [9.17, 15) is 23.3 Å². The molecule has 0 N–H and O–H groups in total. The molecule has 7 nitrogen and oxygen atoms in total. The zero-order valence-corrected chi connectivity index (χ0v) is 13.3. The molecular weight excluding hydrogens is 298 g/mol. The Hall–Kier alpha value is -1.96. The van der Waals surface area contributed by atoms with Crippen LogP contribution in [0.25, 0.3) is 0 Å². The molecule has 0 saturated heterocycles. The van der Waals surface area contributed by atoms with Gasteiger partial charge in [0, 0.05) is 12.5 Å². The standard InChI is InChI=1S/C11H13NO6S.C2H6/c1-3-11(13)18-10-6-5-8(19(16,17)4-2)7-9(10)12(14)15;1-2/h5-7H,3-4H2,1-2H3;1-2H3. The fourth-order valence-corrected chi connectivity index (χ4v) is 2.18. The summed E-state index contributed by atoms with van der Waals surface area (Å²) in [6.07, 6.45) is 0.0617. The molecule has 0 saturated carbocycles. The number of hydrogen-bond acceptors (Lipinski definition) is 6. The Balaban J connectivity index is 0.00000191. The van der Waals surface area contributed by atoms with Gasteiger partial charge < -0.3 is 4.74 Å². The number of nitro groups is 1. The molecule has 0 amide bonds. The van der Waals surface area contributed by atoms with Gasteiger partial charge in [0.05, 0.1) is 15.6 Å². The summed E-state index contributed by atoms with van der Waals surface area (Å²) in [4.78, 5) is 21.1. The second kappa shape index (κ2) is 8.35. The SMILES string of the molecule is CC.CCC(=O)Oc1ccc(S(=O)(=O)CC)cc1[N+](=O)[O-]. The van der Waals surface area contributed by atoms with Crippen molar-refractivity contribution in [3.05, 3.63) is 28.3 Å². The molecule has 0 aliphatic rings. The van der Waals surface area contributed by atoms with Gasteiger partial charge >= 0.3 is 11.7 Å². The van der Waals surface area contributed by atoms with E-state index in [-0.39, 0.29) is 22.8 Å². The minimum absolute atomic E-state index is 0.0617. The summed E-state index contributed by atoms with van der Waals surface area (Å²) in [5.74, 6) is -1.06. The summed E-state index contributed by atoms with van der Waals surface area (Å²) in [5, 5.41) is 10.9. The van der Waals surface area contributed by atoms with Crippen molar-refractivity contribution in [1.29, 1.82) is 0 Å². The Morgan fingerprint density at radius 2 is 1.86 bits per heavy atom. The monoisotopic (exact) mass is 317 g/mol. The van der Waals surface area contributed by atoms with Crippen LogP contribution in [-0.4, -0.2) is 25.1 Å². The molecule has 0 aromatic heterocycles. The fourth-order valence-electron chi connectivity index (χ4n) is 1.28. The molecule has 0 spiro atoms. The van der Waals surface area contributed by atoms with Gasteiger partial charge in [0.2, 0.25) is 5.75 Å². The fraction of sp³-hybridized carbons (Fsp3) is 0.462. The van der Waals surface area contributed by atoms with Gasteiger partial charge in [0.1, 0.15) is 0 Å². The van der Waals surface area contributed by atoms with Crippen LogP contribution in [0.15, 0.2) is 23.1 Å². The third-order valence-corrected chi connectivity index (χ3v) is 4.11. The maximum atomic E-state index is 11.6. The van der Waals surface area contributed by atoms with Crippen LogP contribution in [0.2, 0.25) is 0 Å². The Labute approximate surface area is 124 Å². The molecule has 21 heavy (non-hydrogen) atoms. The number of benzene rings is 1. The molecule has 0 aliphatic carbocycles. The van der Waals surface area contributed by atoms with Gasteiger partial charge in [0.25, 0.3) is 0 Å². The Bertz CT molecular complexity index is 609. The lowest BCUT2D eigenvalue weighted by Crippen LogP contribution is -2.09.